The van der Waals surface area contributed by atoms with E-state index in [0.29, 0.717) is 5.95 Å². The van der Waals surface area contributed by atoms with Gasteiger partial charge in [0.1, 0.15) is 11.5 Å². The van der Waals surface area contributed by atoms with Crippen LogP contribution in [-0.4, -0.2) is 14.5 Å². The van der Waals surface area contributed by atoms with Crippen LogP contribution in [0.3, 0.4) is 0 Å². The van der Waals surface area contributed by atoms with Crippen molar-refractivity contribution in [3.63, 3.8) is 0 Å². The molecule has 11 rings (SSSR count). The Kier molecular flexibility index (Phi) is 4.55. The van der Waals surface area contributed by atoms with Crippen molar-refractivity contribution >= 4 is 75.8 Å². The van der Waals surface area contributed by atoms with E-state index in [4.69, 9.17) is 14.7 Å². The van der Waals surface area contributed by atoms with Gasteiger partial charge in [0.15, 0.2) is 0 Å². The molecule has 46 heavy (non-hydrogen) atoms. The summed E-state index contributed by atoms with van der Waals surface area (Å²) in [6.07, 6.45) is 0. The van der Waals surface area contributed by atoms with E-state index < -0.39 is 0 Å². The lowest BCUT2D eigenvalue weighted by molar-refractivity contribution is 0.486. The predicted octanol–water partition coefficient (Wildman–Crippen LogP) is 11.1. The minimum Gasteiger partial charge on any atom is -0.456 e. The molecule has 0 saturated heterocycles. The molecule has 0 N–H and O–H groups in total. The third kappa shape index (κ3) is 2.98. The van der Waals surface area contributed by atoms with Crippen LogP contribution in [0.15, 0.2) is 140 Å². The number of fused-ring (bicyclic) bond motifs is 15. The number of benzene rings is 8. The third-order valence-electron chi connectivity index (χ3n) is 9.74. The van der Waals surface area contributed by atoms with Crippen LogP contribution in [0.1, 0.15) is 0 Å². The molecule has 0 amide bonds. The molecule has 10 aromatic rings. The van der Waals surface area contributed by atoms with Crippen molar-refractivity contribution in [1.82, 2.24) is 14.5 Å². The van der Waals surface area contributed by atoms with E-state index in [-0.39, 0.29) is 0 Å². The Bertz CT molecular complexity index is 2960. The molecule has 0 atom stereocenters. The normalized spacial score (nSPS) is 12.5. The number of hydrogen-bond donors (Lipinski definition) is 0. The highest BCUT2D eigenvalue weighted by atomic mass is 16.5. The van der Waals surface area contributed by atoms with E-state index in [1.165, 1.54) is 53.9 Å². The van der Waals surface area contributed by atoms with E-state index >= 15 is 0 Å². The Hall–Kier alpha value is -6.26. The average Bonchev–Trinajstić information content (AvgIpc) is 3.47. The van der Waals surface area contributed by atoms with Crippen molar-refractivity contribution in [2.75, 3.05) is 0 Å². The Morgan fingerprint density at radius 2 is 1.00 bits per heavy atom. The lowest BCUT2D eigenvalue weighted by Gasteiger charge is -2.21. The molecule has 0 aliphatic carbocycles. The highest BCUT2D eigenvalue weighted by Gasteiger charge is 2.26. The molecular weight excluding hydrogens is 562 g/mol. The highest BCUT2D eigenvalue weighted by molar-refractivity contribution is 6.42. The van der Waals surface area contributed by atoms with E-state index in [9.17, 15) is 0 Å². The largest absolute Gasteiger partial charge is 0.456 e. The molecule has 4 nitrogen and oxygen atoms in total. The number of para-hydroxylation sites is 2. The predicted molar refractivity (Wildman–Crippen MR) is 189 cm³/mol. The molecule has 0 bridgehead atoms. The van der Waals surface area contributed by atoms with E-state index in [2.05, 4.69) is 114 Å². The van der Waals surface area contributed by atoms with E-state index in [1.54, 1.807) is 0 Å². The number of nitrogens with zero attached hydrogens (tertiary/aromatic N) is 3. The standard InChI is InChI=1S/C42H23N3O/c1-3-14-26-24(12-1)25-13-2-4-15-27(25)37-36(26)28-16-5-6-17-29(28)41-38(37)30-18-7-9-21-33(30)45(41)42-43-32-20-11-23-35-39(32)40(44-42)31-19-8-10-22-34(31)46-35/h1-23H. The maximum atomic E-state index is 6.32. The lowest BCUT2D eigenvalue weighted by Crippen LogP contribution is -2.06. The van der Waals surface area contributed by atoms with Crippen LogP contribution >= 0.6 is 0 Å². The van der Waals surface area contributed by atoms with Crippen LogP contribution in [0.5, 0.6) is 11.5 Å². The quantitative estimate of drug-likeness (QED) is 0.180. The maximum absolute atomic E-state index is 6.32. The van der Waals surface area contributed by atoms with Gasteiger partial charge in [0.25, 0.3) is 0 Å². The fraction of sp³-hybridized carbons (Fsp3) is 0. The van der Waals surface area contributed by atoms with Crippen molar-refractivity contribution in [2.24, 2.45) is 0 Å². The second-order valence-electron chi connectivity index (χ2n) is 12.1. The summed E-state index contributed by atoms with van der Waals surface area (Å²) >= 11 is 0. The van der Waals surface area contributed by atoms with E-state index in [1.807, 2.05) is 30.3 Å². The second kappa shape index (κ2) is 8.68. The molecule has 212 valence electrons. The molecule has 1 aliphatic heterocycles. The van der Waals surface area contributed by atoms with E-state index in [0.717, 1.165) is 44.7 Å². The molecule has 0 radical (unpaired) electrons. The summed E-state index contributed by atoms with van der Waals surface area (Å²) in [6, 6.07) is 49.4. The molecule has 0 unspecified atom stereocenters. The lowest BCUT2D eigenvalue weighted by atomic mass is 9.88. The van der Waals surface area contributed by atoms with Crippen LogP contribution in [0.4, 0.5) is 0 Å². The first-order chi connectivity index (χ1) is 22.8. The zero-order valence-electron chi connectivity index (χ0n) is 24.5. The maximum Gasteiger partial charge on any atom is 0.235 e. The minimum absolute atomic E-state index is 0.650. The molecule has 2 aromatic heterocycles. The van der Waals surface area contributed by atoms with Gasteiger partial charge in [0, 0.05) is 27.1 Å². The van der Waals surface area contributed by atoms with Gasteiger partial charge in [0.2, 0.25) is 5.95 Å². The summed E-state index contributed by atoms with van der Waals surface area (Å²) in [6.45, 7) is 0. The summed E-state index contributed by atoms with van der Waals surface area (Å²) in [5.74, 6) is 2.25. The molecule has 0 saturated carbocycles. The molecule has 3 heterocycles. The van der Waals surface area contributed by atoms with Crippen molar-refractivity contribution < 1.29 is 4.74 Å². The van der Waals surface area contributed by atoms with Crippen molar-refractivity contribution in [1.29, 1.82) is 0 Å². The third-order valence-corrected chi connectivity index (χ3v) is 9.74. The second-order valence-corrected chi connectivity index (χ2v) is 12.1. The Balaban J connectivity index is 1.41. The van der Waals surface area contributed by atoms with Crippen LogP contribution in [-0.2, 0) is 0 Å². The van der Waals surface area contributed by atoms with Gasteiger partial charge < -0.3 is 4.74 Å². The van der Waals surface area contributed by atoms with Gasteiger partial charge in [-0.15, -0.1) is 0 Å². The topological polar surface area (TPSA) is 39.9 Å². The van der Waals surface area contributed by atoms with Gasteiger partial charge in [-0.1, -0.05) is 109 Å². The average molecular weight is 586 g/mol. The molecular formula is C42H23N3O. The minimum atomic E-state index is 0.650. The van der Waals surface area contributed by atoms with Gasteiger partial charge in [-0.25, -0.2) is 9.97 Å². The van der Waals surface area contributed by atoms with Gasteiger partial charge in [-0.05, 0) is 62.6 Å². The van der Waals surface area contributed by atoms with Crippen molar-refractivity contribution in [3.8, 4) is 28.7 Å². The number of rotatable bonds is 1. The number of ether oxygens (including phenoxy) is 1. The summed E-state index contributed by atoms with van der Waals surface area (Å²) in [5.41, 5.74) is 4.93. The van der Waals surface area contributed by atoms with Crippen LogP contribution in [0, 0.1) is 0 Å². The van der Waals surface area contributed by atoms with Gasteiger partial charge in [-0.2, -0.15) is 0 Å². The van der Waals surface area contributed by atoms with Gasteiger partial charge >= 0.3 is 0 Å². The summed E-state index contributed by atoms with van der Waals surface area (Å²) < 4.78 is 8.60. The Morgan fingerprint density at radius 3 is 1.78 bits per heavy atom. The SMILES string of the molecule is c1ccc2c(c1)Oc1cccc3nc(-n4c5ccccc5c5c6c7ccccc7c7ccccc7c6c6ccccc6c54)nc-2c13. The number of aromatic nitrogens is 3. The number of hydrogen-bond acceptors (Lipinski definition) is 3. The monoisotopic (exact) mass is 585 g/mol. The molecule has 1 aliphatic rings. The van der Waals surface area contributed by atoms with Crippen LogP contribution < -0.4 is 4.74 Å². The first-order valence-electron chi connectivity index (χ1n) is 15.6. The van der Waals surface area contributed by atoms with Gasteiger partial charge in [0.05, 0.1) is 27.6 Å². The zero-order valence-corrected chi connectivity index (χ0v) is 24.5. The molecule has 4 heteroatoms. The first kappa shape index (κ1) is 24.1. The fourth-order valence-electron chi connectivity index (χ4n) is 7.93. The Morgan fingerprint density at radius 1 is 0.413 bits per heavy atom. The van der Waals surface area contributed by atoms with Crippen molar-refractivity contribution in [2.45, 2.75) is 0 Å². The fourth-order valence-corrected chi connectivity index (χ4v) is 7.93. The summed E-state index contributed by atoms with van der Waals surface area (Å²) in [4.78, 5) is 10.7. The molecule has 0 fully saturated rings. The summed E-state index contributed by atoms with van der Waals surface area (Å²) in [7, 11) is 0. The summed E-state index contributed by atoms with van der Waals surface area (Å²) in [5, 5.41) is 13.3. The van der Waals surface area contributed by atoms with Crippen LogP contribution in [0.25, 0.3) is 93.0 Å². The molecule has 0 spiro atoms. The molecule has 8 aromatic carbocycles. The highest BCUT2D eigenvalue weighted by Crippen LogP contribution is 2.49. The zero-order chi connectivity index (χ0) is 29.9. The Labute approximate surface area is 262 Å². The van der Waals surface area contributed by atoms with Gasteiger partial charge in [-0.3, -0.25) is 4.57 Å². The van der Waals surface area contributed by atoms with Crippen molar-refractivity contribution in [3.05, 3.63) is 140 Å². The smallest absolute Gasteiger partial charge is 0.235 e. The van der Waals surface area contributed by atoms with Crippen LogP contribution in [0.2, 0.25) is 0 Å². The first-order valence-corrected chi connectivity index (χ1v) is 15.6.